The van der Waals surface area contributed by atoms with Gasteiger partial charge in [-0.3, -0.25) is 23.7 Å². The Morgan fingerprint density at radius 3 is 2.32 bits per heavy atom. The number of ether oxygens (including phenoxy) is 3. The highest BCUT2D eigenvalue weighted by molar-refractivity contribution is 7.85. The van der Waals surface area contributed by atoms with Gasteiger partial charge in [0.1, 0.15) is 24.3 Å². The number of carbonyl (C=O) groups excluding carboxylic acids is 4. The van der Waals surface area contributed by atoms with E-state index in [4.69, 9.17) is 18.8 Å². The van der Waals surface area contributed by atoms with E-state index in [1.54, 1.807) is 19.9 Å². The highest BCUT2D eigenvalue weighted by Crippen LogP contribution is 2.31. The van der Waals surface area contributed by atoms with Crippen LogP contribution in [0, 0.1) is 11.8 Å². The number of esters is 1. The van der Waals surface area contributed by atoms with Gasteiger partial charge in [-0.25, -0.2) is 0 Å². The Kier molecular flexibility index (Phi) is 14.0. The number of amides is 3. The monoisotopic (exact) mass is 644 g/mol. The van der Waals surface area contributed by atoms with Crippen LogP contribution in [0.25, 0.3) is 0 Å². The van der Waals surface area contributed by atoms with Gasteiger partial charge >= 0.3 is 5.97 Å². The highest BCUT2D eigenvalue weighted by Gasteiger charge is 2.35. The molecule has 4 atom stereocenters. The Balaban J connectivity index is 2.21. The van der Waals surface area contributed by atoms with Crippen LogP contribution in [0.5, 0.6) is 5.75 Å². The van der Waals surface area contributed by atoms with Gasteiger partial charge in [0.15, 0.2) is 0 Å². The molecule has 6 N–H and O–H groups in total. The molecule has 1 saturated heterocycles. The van der Waals surface area contributed by atoms with Crippen LogP contribution in [0.3, 0.4) is 0 Å². The molecule has 44 heavy (non-hydrogen) atoms. The van der Waals surface area contributed by atoms with Crippen molar-refractivity contribution in [1.29, 1.82) is 0 Å². The van der Waals surface area contributed by atoms with Gasteiger partial charge in [-0.05, 0) is 23.6 Å². The van der Waals surface area contributed by atoms with Crippen molar-refractivity contribution in [3.63, 3.8) is 0 Å². The first kappa shape index (κ1) is 36.9. The van der Waals surface area contributed by atoms with Crippen LogP contribution in [0.2, 0.25) is 0 Å². The second-order valence-corrected chi connectivity index (χ2v) is 12.9. The number of hydrogen-bond donors (Lipinski definition) is 6. The maximum atomic E-state index is 12.8. The summed E-state index contributed by atoms with van der Waals surface area (Å²) < 4.78 is 47.8. The van der Waals surface area contributed by atoms with Crippen molar-refractivity contribution in [2.24, 2.45) is 11.8 Å². The van der Waals surface area contributed by atoms with Crippen LogP contribution < -0.4 is 26.0 Å². The molecule has 0 aliphatic carbocycles. The predicted molar refractivity (Wildman–Crippen MR) is 159 cm³/mol. The molecular formula is C28H44N4O11S. The van der Waals surface area contributed by atoms with Crippen LogP contribution in [0.15, 0.2) is 18.2 Å². The number of anilines is 1. The van der Waals surface area contributed by atoms with Gasteiger partial charge in [-0.1, -0.05) is 47.6 Å². The number of benzene rings is 1. The summed E-state index contributed by atoms with van der Waals surface area (Å²) >= 11 is 0. The van der Waals surface area contributed by atoms with Gasteiger partial charge in [-0.15, -0.1) is 0 Å². The smallest absolute Gasteiger partial charge is 0.308 e. The van der Waals surface area contributed by atoms with E-state index in [0.29, 0.717) is 5.56 Å². The minimum absolute atomic E-state index is 0.0254. The Bertz CT molecular complexity index is 1270. The molecule has 0 bridgehead atoms. The Labute approximate surface area is 257 Å². The quantitative estimate of drug-likeness (QED) is 0.115. The van der Waals surface area contributed by atoms with Gasteiger partial charge < -0.3 is 40.6 Å². The van der Waals surface area contributed by atoms with E-state index in [9.17, 15) is 32.7 Å². The van der Waals surface area contributed by atoms with Crippen LogP contribution in [0.1, 0.15) is 59.9 Å². The maximum Gasteiger partial charge on any atom is 0.308 e. The summed E-state index contributed by atoms with van der Waals surface area (Å²) in [5.74, 6) is -3.59. The summed E-state index contributed by atoms with van der Waals surface area (Å²) in [6.45, 7) is 10.5. The van der Waals surface area contributed by atoms with Crippen LogP contribution in [-0.2, 0) is 45.4 Å². The molecular weight excluding hydrogens is 600 g/mol. The second-order valence-electron chi connectivity index (χ2n) is 11.5. The number of carbonyl (C=O) groups is 4. The summed E-state index contributed by atoms with van der Waals surface area (Å²) in [7, 11) is -4.48. The lowest BCUT2D eigenvalue weighted by Crippen LogP contribution is -2.51. The molecule has 0 spiro atoms. The average molecular weight is 645 g/mol. The zero-order valence-electron chi connectivity index (χ0n) is 25.8. The molecule has 3 amide bonds. The van der Waals surface area contributed by atoms with Gasteiger partial charge in [0.2, 0.25) is 24.0 Å². The number of aliphatic hydroxyl groups is 1. The normalized spacial score (nSPS) is 19.4. The van der Waals surface area contributed by atoms with Crippen molar-refractivity contribution in [1.82, 2.24) is 16.0 Å². The van der Waals surface area contributed by atoms with Crippen molar-refractivity contribution in [2.75, 3.05) is 17.7 Å². The van der Waals surface area contributed by atoms with Gasteiger partial charge in [-0.2, -0.15) is 8.42 Å². The van der Waals surface area contributed by atoms with Gasteiger partial charge in [0.25, 0.3) is 10.1 Å². The zero-order valence-corrected chi connectivity index (χ0v) is 26.6. The minimum Gasteiger partial charge on any atom is -0.463 e. The molecule has 2 rings (SSSR count). The standard InChI is InChI=1S/C28H44N4O11S/c1-15(2)25(31-17(5)6)27(36)29-12-23(34)32-20-8-7-18(13-41-28(37)16(3)4)9-21(20)42-24-11-19(33)10-22(43-24)26(35)30-14-44(38,39)40/h7-9,15-17,19,22,24-25,31,33H,10-14H2,1-6H3,(H,29,36)(H,30,35)(H,32,34)(H,38,39,40). The molecule has 15 nitrogen and oxygen atoms in total. The molecule has 0 radical (unpaired) electrons. The van der Waals surface area contributed by atoms with E-state index in [2.05, 4.69) is 16.0 Å². The zero-order chi connectivity index (χ0) is 33.2. The summed E-state index contributed by atoms with van der Waals surface area (Å²) in [6, 6.07) is 4.13. The third kappa shape index (κ3) is 12.7. The predicted octanol–water partition coefficient (Wildman–Crippen LogP) is 0.669. The highest BCUT2D eigenvalue weighted by atomic mass is 32.2. The Morgan fingerprint density at radius 2 is 1.73 bits per heavy atom. The van der Waals surface area contributed by atoms with E-state index in [0.717, 1.165) is 0 Å². The summed E-state index contributed by atoms with van der Waals surface area (Å²) in [6.07, 6.45) is -3.81. The van der Waals surface area contributed by atoms with Crippen molar-refractivity contribution >= 4 is 39.5 Å². The number of aliphatic hydroxyl groups excluding tert-OH is 1. The summed E-state index contributed by atoms with van der Waals surface area (Å²) in [5.41, 5.74) is 0.665. The maximum absolute atomic E-state index is 12.8. The summed E-state index contributed by atoms with van der Waals surface area (Å²) in [4.78, 5) is 49.9. The molecule has 1 aromatic rings. The van der Waals surface area contributed by atoms with Crippen LogP contribution in [-0.4, -0.2) is 84.8 Å². The molecule has 4 unspecified atom stereocenters. The third-order valence-corrected chi connectivity index (χ3v) is 6.81. The van der Waals surface area contributed by atoms with Crippen LogP contribution in [0.4, 0.5) is 5.69 Å². The van der Waals surface area contributed by atoms with Crippen LogP contribution >= 0.6 is 0 Å². The largest absolute Gasteiger partial charge is 0.463 e. The lowest BCUT2D eigenvalue weighted by Gasteiger charge is -2.32. The number of rotatable bonds is 15. The van der Waals surface area contributed by atoms with Crippen molar-refractivity contribution in [3.05, 3.63) is 23.8 Å². The summed E-state index contributed by atoms with van der Waals surface area (Å²) in [5, 5.41) is 20.8. The molecule has 1 aromatic carbocycles. The molecule has 1 heterocycles. The van der Waals surface area contributed by atoms with Crippen molar-refractivity contribution in [2.45, 2.75) is 91.6 Å². The fraction of sp³-hybridized carbons (Fsp3) is 0.643. The fourth-order valence-electron chi connectivity index (χ4n) is 4.10. The van der Waals surface area contributed by atoms with Crippen molar-refractivity contribution < 1.29 is 51.5 Å². The second kappa shape index (κ2) is 16.7. The number of hydrogen-bond acceptors (Lipinski definition) is 11. The lowest BCUT2D eigenvalue weighted by molar-refractivity contribution is -0.184. The van der Waals surface area contributed by atoms with Gasteiger partial charge in [0.05, 0.1) is 30.3 Å². The molecule has 0 aromatic heterocycles. The number of nitrogens with one attached hydrogen (secondary N) is 4. The first-order valence-corrected chi connectivity index (χ1v) is 15.9. The van der Waals surface area contributed by atoms with Crippen molar-refractivity contribution in [3.8, 4) is 5.75 Å². The van der Waals surface area contributed by atoms with E-state index in [-0.39, 0.29) is 61.2 Å². The minimum atomic E-state index is -4.48. The topological polar surface area (TPSA) is 219 Å². The van der Waals surface area contributed by atoms with E-state index >= 15 is 0 Å². The SMILES string of the molecule is CC(C)NC(C(=O)NCC(=O)Nc1ccc(COC(=O)C(C)C)cc1OC1CC(O)CC(C(=O)NCS(=O)(=O)O)O1)C(C)C. The molecule has 248 valence electrons. The van der Waals surface area contributed by atoms with Gasteiger partial charge in [0, 0.05) is 18.9 Å². The van der Waals surface area contributed by atoms with E-state index in [1.165, 1.54) is 12.1 Å². The first-order valence-electron chi connectivity index (χ1n) is 14.3. The Morgan fingerprint density at radius 1 is 1.05 bits per heavy atom. The molecule has 0 saturated carbocycles. The molecule has 1 aliphatic rings. The molecule has 16 heteroatoms. The third-order valence-electron chi connectivity index (χ3n) is 6.30. The first-order chi connectivity index (χ1) is 20.4. The Hall–Kier alpha value is -3.31. The van der Waals surface area contributed by atoms with E-state index < -0.39 is 58.3 Å². The molecule has 1 aliphatic heterocycles. The fourth-order valence-corrected chi connectivity index (χ4v) is 4.43. The average Bonchev–Trinajstić information content (AvgIpc) is 2.92. The van der Waals surface area contributed by atoms with E-state index in [1.807, 2.05) is 33.0 Å². The lowest BCUT2D eigenvalue weighted by atomic mass is 10.0. The molecule has 1 fully saturated rings.